The van der Waals surface area contributed by atoms with Gasteiger partial charge < -0.3 is 5.11 Å². The van der Waals surface area contributed by atoms with Gasteiger partial charge in [0.2, 0.25) is 0 Å². The maximum Gasteiger partial charge on any atom is 0.305 e. The molecule has 0 spiro atoms. The molecule has 3 rings (SSSR count). The van der Waals surface area contributed by atoms with Crippen molar-refractivity contribution < 1.29 is 14.3 Å². The summed E-state index contributed by atoms with van der Waals surface area (Å²) in [4.78, 5) is 12.9. The van der Waals surface area contributed by atoms with Gasteiger partial charge in [-0.15, -0.1) is 0 Å². The number of nitrogens with zero attached hydrogens (tertiary/aromatic N) is 3. The number of hydrogen-bond donors (Lipinski definition) is 1. The topological polar surface area (TPSA) is 58.4 Å². The van der Waals surface area contributed by atoms with Crippen LogP contribution in [0.5, 0.6) is 0 Å². The molecule has 0 bridgehead atoms. The maximum atomic E-state index is 13.0. The fourth-order valence-corrected chi connectivity index (χ4v) is 2.75. The van der Waals surface area contributed by atoms with Crippen LogP contribution in [0.3, 0.4) is 0 Å². The second-order valence-corrected chi connectivity index (χ2v) is 5.58. The van der Waals surface area contributed by atoms with Gasteiger partial charge in [-0.05, 0) is 24.1 Å². The van der Waals surface area contributed by atoms with Gasteiger partial charge in [0.25, 0.3) is 0 Å². The number of aromatic nitrogens is 2. The average Bonchev–Trinajstić information content (AvgIpc) is 2.92. The van der Waals surface area contributed by atoms with Crippen LogP contribution in [0.2, 0.25) is 0 Å². The molecule has 5 nitrogen and oxygen atoms in total. The van der Waals surface area contributed by atoms with E-state index in [0.29, 0.717) is 12.6 Å². The number of rotatable bonds is 6. The minimum atomic E-state index is -0.823. The molecule has 1 aliphatic heterocycles. The number of carboxylic acids is 1. The Balaban J connectivity index is 1.59. The van der Waals surface area contributed by atoms with E-state index in [0.717, 1.165) is 30.6 Å². The van der Waals surface area contributed by atoms with E-state index in [-0.39, 0.29) is 12.2 Å². The summed E-state index contributed by atoms with van der Waals surface area (Å²) in [6.07, 6.45) is 4.81. The Bertz CT molecular complexity index is 654. The van der Waals surface area contributed by atoms with Gasteiger partial charge in [0.15, 0.2) is 0 Å². The number of benzene rings is 1. The lowest BCUT2D eigenvalue weighted by atomic mass is 9.94. The monoisotopic (exact) mass is 303 g/mol. The Labute approximate surface area is 128 Å². The quantitative estimate of drug-likeness (QED) is 0.890. The zero-order chi connectivity index (χ0) is 15.5. The molecule has 1 aromatic heterocycles. The standard InChI is InChI=1S/C16H18FN3O2/c17-14-3-1-13(2-4-14)15-5-7-19(15)10-12-9-18-20(11-12)8-6-16(21)22/h1-4,9,11,15H,5-8,10H2,(H,21,22)/t15-/m0/s1. The van der Waals surface area contributed by atoms with E-state index >= 15 is 0 Å². The van der Waals surface area contributed by atoms with E-state index < -0.39 is 5.97 Å². The van der Waals surface area contributed by atoms with Gasteiger partial charge in [-0.25, -0.2) is 4.39 Å². The smallest absolute Gasteiger partial charge is 0.305 e. The minimum Gasteiger partial charge on any atom is -0.481 e. The van der Waals surface area contributed by atoms with Gasteiger partial charge >= 0.3 is 5.97 Å². The summed E-state index contributed by atoms with van der Waals surface area (Å²) >= 11 is 0. The summed E-state index contributed by atoms with van der Waals surface area (Å²) in [6.45, 7) is 2.16. The van der Waals surface area contributed by atoms with E-state index in [1.165, 1.54) is 12.1 Å². The highest BCUT2D eigenvalue weighted by Crippen LogP contribution is 2.34. The molecule has 0 unspecified atom stereocenters. The van der Waals surface area contributed by atoms with Crippen molar-refractivity contribution in [2.45, 2.75) is 32.0 Å². The van der Waals surface area contributed by atoms with Crippen LogP contribution < -0.4 is 0 Å². The number of halogens is 1. The molecule has 1 saturated heterocycles. The number of aliphatic carboxylic acids is 1. The molecular formula is C16H18FN3O2. The van der Waals surface area contributed by atoms with Crippen LogP contribution in [-0.4, -0.2) is 32.3 Å². The lowest BCUT2D eigenvalue weighted by Crippen LogP contribution is -2.40. The fourth-order valence-electron chi connectivity index (χ4n) is 2.75. The summed E-state index contributed by atoms with van der Waals surface area (Å²) in [7, 11) is 0. The van der Waals surface area contributed by atoms with Crippen LogP contribution in [-0.2, 0) is 17.9 Å². The summed E-state index contributed by atoms with van der Waals surface area (Å²) in [5, 5.41) is 12.9. The van der Waals surface area contributed by atoms with Gasteiger partial charge in [0.1, 0.15) is 5.82 Å². The van der Waals surface area contributed by atoms with E-state index in [9.17, 15) is 9.18 Å². The molecule has 1 fully saturated rings. The van der Waals surface area contributed by atoms with Crippen LogP contribution in [0.25, 0.3) is 0 Å². The van der Waals surface area contributed by atoms with Crippen molar-refractivity contribution in [2.24, 2.45) is 0 Å². The first-order valence-corrected chi connectivity index (χ1v) is 7.34. The van der Waals surface area contributed by atoms with Crippen LogP contribution in [0, 0.1) is 5.82 Å². The number of carboxylic acid groups (broad SMARTS) is 1. The van der Waals surface area contributed by atoms with Gasteiger partial charge in [0, 0.05) is 30.9 Å². The predicted octanol–water partition coefficient (Wildman–Crippen LogP) is 2.44. The Morgan fingerprint density at radius 2 is 2.14 bits per heavy atom. The molecular weight excluding hydrogens is 285 g/mol. The first-order valence-electron chi connectivity index (χ1n) is 7.34. The lowest BCUT2D eigenvalue weighted by Gasteiger charge is -2.41. The van der Waals surface area contributed by atoms with Crippen molar-refractivity contribution in [1.82, 2.24) is 14.7 Å². The van der Waals surface area contributed by atoms with Crippen LogP contribution >= 0.6 is 0 Å². The maximum absolute atomic E-state index is 13.0. The zero-order valence-electron chi connectivity index (χ0n) is 12.2. The van der Waals surface area contributed by atoms with Crippen LogP contribution in [0.4, 0.5) is 4.39 Å². The van der Waals surface area contributed by atoms with E-state index in [2.05, 4.69) is 10.00 Å². The first-order chi connectivity index (χ1) is 10.6. The molecule has 0 amide bonds. The number of carbonyl (C=O) groups is 1. The lowest BCUT2D eigenvalue weighted by molar-refractivity contribution is -0.137. The van der Waals surface area contributed by atoms with E-state index in [4.69, 9.17) is 5.11 Å². The van der Waals surface area contributed by atoms with Gasteiger partial charge in [-0.1, -0.05) is 12.1 Å². The Morgan fingerprint density at radius 3 is 2.77 bits per heavy atom. The summed E-state index contributed by atoms with van der Waals surface area (Å²) in [5.74, 6) is -1.04. The van der Waals surface area contributed by atoms with Crippen molar-refractivity contribution >= 4 is 5.97 Å². The highest BCUT2D eigenvalue weighted by atomic mass is 19.1. The van der Waals surface area contributed by atoms with Gasteiger partial charge in [0.05, 0.1) is 19.2 Å². The molecule has 2 heterocycles. The largest absolute Gasteiger partial charge is 0.481 e. The van der Waals surface area contributed by atoms with Crippen molar-refractivity contribution in [3.63, 3.8) is 0 Å². The first kappa shape index (κ1) is 14.7. The van der Waals surface area contributed by atoms with Gasteiger partial charge in [-0.3, -0.25) is 14.4 Å². The highest BCUT2D eigenvalue weighted by molar-refractivity contribution is 5.66. The summed E-state index contributed by atoms with van der Waals surface area (Å²) < 4.78 is 14.6. The van der Waals surface area contributed by atoms with Crippen LogP contribution in [0.1, 0.15) is 30.0 Å². The van der Waals surface area contributed by atoms with Crippen molar-refractivity contribution in [3.05, 3.63) is 53.6 Å². The van der Waals surface area contributed by atoms with Crippen molar-refractivity contribution in [1.29, 1.82) is 0 Å². The Kier molecular flexibility index (Phi) is 4.20. The van der Waals surface area contributed by atoms with Crippen molar-refractivity contribution in [2.75, 3.05) is 6.54 Å². The van der Waals surface area contributed by atoms with E-state index in [1.54, 1.807) is 10.9 Å². The molecule has 0 aliphatic carbocycles. The second kappa shape index (κ2) is 6.27. The molecule has 1 N–H and O–H groups in total. The molecule has 0 saturated carbocycles. The Morgan fingerprint density at radius 1 is 1.36 bits per heavy atom. The normalized spacial score (nSPS) is 18.1. The van der Waals surface area contributed by atoms with E-state index in [1.807, 2.05) is 18.3 Å². The van der Waals surface area contributed by atoms with Crippen molar-refractivity contribution in [3.8, 4) is 0 Å². The number of likely N-dealkylation sites (tertiary alicyclic amines) is 1. The third-order valence-corrected chi connectivity index (χ3v) is 4.01. The van der Waals surface area contributed by atoms with Gasteiger partial charge in [-0.2, -0.15) is 5.10 Å². The SMILES string of the molecule is O=C(O)CCn1cc(CN2CC[C@H]2c2ccc(F)cc2)cn1. The average molecular weight is 303 g/mol. The molecule has 1 aliphatic rings. The highest BCUT2D eigenvalue weighted by Gasteiger charge is 2.29. The molecule has 6 heteroatoms. The minimum absolute atomic E-state index is 0.0725. The molecule has 0 radical (unpaired) electrons. The summed E-state index contributed by atoms with van der Waals surface area (Å²) in [6, 6.07) is 6.99. The molecule has 22 heavy (non-hydrogen) atoms. The number of aryl methyl sites for hydroxylation is 1. The molecule has 1 aromatic carbocycles. The molecule has 2 aromatic rings. The fraction of sp³-hybridized carbons (Fsp3) is 0.375. The zero-order valence-corrected chi connectivity index (χ0v) is 12.2. The second-order valence-electron chi connectivity index (χ2n) is 5.58. The third-order valence-electron chi connectivity index (χ3n) is 4.01. The number of hydrogen-bond acceptors (Lipinski definition) is 3. The molecule has 116 valence electrons. The third kappa shape index (κ3) is 3.33. The summed E-state index contributed by atoms with van der Waals surface area (Å²) in [5.41, 5.74) is 2.20. The van der Waals surface area contributed by atoms with Crippen LogP contribution in [0.15, 0.2) is 36.7 Å². The molecule has 1 atom stereocenters. The predicted molar refractivity (Wildman–Crippen MR) is 78.6 cm³/mol. The Hall–Kier alpha value is -2.21.